The number of halogens is 1. The lowest BCUT2D eigenvalue weighted by molar-refractivity contribution is 1.39. The number of anilines is 1. The maximum Gasteiger partial charge on any atom is 0.139 e. The molecule has 0 saturated heterocycles. The van der Waals surface area contributed by atoms with Gasteiger partial charge in [-0.25, -0.2) is 4.99 Å². The zero-order chi connectivity index (χ0) is 14.4. The van der Waals surface area contributed by atoms with Gasteiger partial charge in [-0.05, 0) is 36.1 Å². The lowest BCUT2D eigenvalue weighted by Crippen LogP contribution is -2.06. The smallest absolute Gasteiger partial charge is 0.139 e. The van der Waals surface area contributed by atoms with Gasteiger partial charge < -0.3 is 5.32 Å². The van der Waals surface area contributed by atoms with Crippen LogP contribution in [0.5, 0.6) is 0 Å². The molecule has 0 spiro atoms. The highest BCUT2D eigenvalue weighted by atomic mass is 35.5. The van der Waals surface area contributed by atoms with Crippen molar-refractivity contribution in [3.05, 3.63) is 70.7 Å². The van der Waals surface area contributed by atoms with E-state index in [1.165, 1.54) is 10.8 Å². The Morgan fingerprint density at radius 3 is 2.57 bits per heavy atom. The molecule has 0 bridgehead atoms. The van der Waals surface area contributed by atoms with Crippen LogP contribution in [0.2, 0.25) is 5.02 Å². The van der Waals surface area contributed by atoms with Gasteiger partial charge in [0, 0.05) is 21.7 Å². The molecule has 0 unspecified atom stereocenters. The van der Waals surface area contributed by atoms with Crippen LogP contribution in [-0.4, -0.2) is 5.84 Å². The van der Waals surface area contributed by atoms with Gasteiger partial charge in [-0.15, -0.1) is 0 Å². The normalized spacial score (nSPS) is 14.7. The van der Waals surface area contributed by atoms with Gasteiger partial charge in [0.2, 0.25) is 0 Å². The molecule has 3 aromatic rings. The SMILES string of the molecule is Cc1c(Cl)cccc1N=C1Nc2cccc3cccc1c23. The van der Waals surface area contributed by atoms with E-state index >= 15 is 0 Å². The van der Waals surface area contributed by atoms with Gasteiger partial charge in [0.1, 0.15) is 5.84 Å². The van der Waals surface area contributed by atoms with Gasteiger partial charge in [-0.2, -0.15) is 0 Å². The van der Waals surface area contributed by atoms with Crippen LogP contribution in [0.25, 0.3) is 10.8 Å². The Morgan fingerprint density at radius 2 is 1.71 bits per heavy atom. The monoisotopic (exact) mass is 292 g/mol. The number of amidine groups is 1. The molecular formula is C18H13ClN2. The van der Waals surface area contributed by atoms with E-state index in [4.69, 9.17) is 16.6 Å². The van der Waals surface area contributed by atoms with Crippen molar-refractivity contribution in [2.75, 3.05) is 5.32 Å². The van der Waals surface area contributed by atoms with E-state index in [-0.39, 0.29) is 0 Å². The second-order valence-electron chi connectivity index (χ2n) is 5.18. The van der Waals surface area contributed by atoms with Crippen molar-refractivity contribution in [3.8, 4) is 0 Å². The molecule has 0 aromatic heterocycles. The summed E-state index contributed by atoms with van der Waals surface area (Å²) in [5, 5.41) is 6.61. The minimum absolute atomic E-state index is 0.741. The Morgan fingerprint density at radius 1 is 0.952 bits per heavy atom. The van der Waals surface area contributed by atoms with Crippen LogP contribution in [0.4, 0.5) is 11.4 Å². The molecule has 102 valence electrons. The molecule has 0 radical (unpaired) electrons. The summed E-state index contributed by atoms with van der Waals surface area (Å²) in [7, 11) is 0. The highest BCUT2D eigenvalue weighted by Crippen LogP contribution is 2.35. The highest BCUT2D eigenvalue weighted by molar-refractivity contribution is 6.32. The zero-order valence-corrected chi connectivity index (χ0v) is 12.3. The topological polar surface area (TPSA) is 24.4 Å². The molecule has 3 heteroatoms. The van der Waals surface area contributed by atoms with Crippen LogP contribution < -0.4 is 5.32 Å². The largest absolute Gasteiger partial charge is 0.339 e. The Hall–Kier alpha value is -2.32. The van der Waals surface area contributed by atoms with Gasteiger partial charge in [-0.3, -0.25) is 0 Å². The van der Waals surface area contributed by atoms with Crippen molar-refractivity contribution >= 4 is 39.6 Å². The van der Waals surface area contributed by atoms with Gasteiger partial charge in [0.15, 0.2) is 0 Å². The first-order valence-electron chi connectivity index (χ1n) is 6.87. The van der Waals surface area contributed by atoms with Crippen molar-refractivity contribution in [2.45, 2.75) is 6.92 Å². The van der Waals surface area contributed by atoms with Gasteiger partial charge in [0.05, 0.1) is 5.69 Å². The summed E-state index contributed by atoms with van der Waals surface area (Å²) in [4.78, 5) is 4.78. The maximum absolute atomic E-state index is 6.18. The van der Waals surface area contributed by atoms with E-state index in [0.717, 1.165) is 33.4 Å². The van der Waals surface area contributed by atoms with Crippen molar-refractivity contribution in [1.82, 2.24) is 0 Å². The van der Waals surface area contributed by atoms with Crippen LogP contribution in [-0.2, 0) is 0 Å². The molecule has 1 heterocycles. The van der Waals surface area contributed by atoms with E-state index in [9.17, 15) is 0 Å². The molecule has 4 rings (SSSR count). The number of rotatable bonds is 1. The summed E-state index contributed by atoms with van der Waals surface area (Å²) < 4.78 is 0. The Balaban J connectivity index is 1.92. The summed E-state index contributed by atoms with van der Waals surface area (Å²) in [6.45, 7) is 1.99. The summed E-state index contributed by atoms with van der Waals surface area (Å²) in [5.74, 6) is 0.882. The predicted octanol–water partition coefficient (Wildman–Crippen LogP) is 5.31. The lowest BCUT2D eigenvalue weighted by Gasteiger charge is -2.05. The molecular weight excluding hydrogens is 280 g/mol. The van der Waals surface area contributed by atoms with E-state index in [1.807, 2.05) is 25.1 Å². The second-order valence-corrected chi connectivity index (χ2v) is 5.59. The van der Waals surface area contributed by atoms with Crippen molar-refractivity contribution in [3.63, 3.8) is 0 Å². The number of nitrogens with zero attached hydrogens (tertiary/aromatic N) is 1. The minimum Gasteiger partial charge on any atom is -0.339 e. The number of hydrogen-bond donors (Lipinski definition) is 1. The first-order valence-corrected chi connectivity index (χ1v) is 7.25. The molecule has 0 amide bonds. The fourth-order valence-corrected chi connectivity index (χ4v) is 2.93. The summed E-state index contributed by atoms with van der Waals surface area (Å²) >= 11 is 6.18. The first-order chi connectivity index (χ1) is 10.2. The zero-order valence-electron chi connectivity index (χ0n) is 11.5. The number of hydrogen-bond acceptors (Lipinski definition) is 1. The van der Waals surface area contributed by atoms with Gasteiger partial charge in [-0.1, -0.05) is 48.0 Å². The van der Waals surface area contributed by atoms with Gasteiger partial charge >= 0.3 is 0 Å². The summed E-state index contributed by atoms with van der Waals surface area (Å²) in [6.07, 6.45) is 0. The fraction of sp³-hybridized carbons (Fsp3) is 0.0556. The van der Waals surface area contributed by atoms with E-state index in [2.05, 4.69) is 41.7 Å². The molecule has 0 atom stereocenters. The summed E-state index contributed by atoms with van der Waals surface area (Å²) in [5.41, 5.74) is 4.15. The van der Waals surface area contributed by atoms with Crippen molar-refractivity contribution < 1.29 is 0 Å². The third-order valence-electron chi connectivity index (χ3n) is 3.88. The van der Waals surface area contributed by atoms with Crippen LogP contribution in [0.1, 0.15) is 11.1 Å². The van der Waals surface area contributed by atoms with Crippen LogP contribution in [0.3, 0.4) is 0 Å². The average molecular weight is 293 g/mol. The third-order valence-corrected chi connectivity index (χ3v) is 4.29. The van der Waals surface area contributed by atoms with Crippen LogP contribution in [0.15, 0.2) is 59.6 Å². The Labute approximate surface area is 128 Å². The predicted molar refractivity (Wildman–Crippen MR) is 90.0 cm³/mol. The molecule has 0 saturated carbocycles. The van der Waals surface area contributed by atoms with Gasteiger partial charge in [0.25, 0.3) is 0 Å². The van der Waals surface area contributed by atoms with E-state index in [1.54, 1.807) is 0 Å². The van der Waals surface area contributed by atoms with Crippen LogP contribution in [0, 0.1) is 6.92 Å². The molecule has 3 aromatic carbocycles. The molecule has 1 aliphatic heterocycles. The molecule has 0 fully saturated rings. The Kier molecular flexibility index (Phi) is 2.72. The van der Waals surface area contributed by atoms with Crippen molar-refractivity contribution in [1.29, 1.82) is 0 Å². The quantitative estimate of drug-likeness (QED) is 0.646. The third kappa shape index (κ3) is 1.91. The number of aliphatic imine (C=N–C) groups is 1. The maximum atomic E-state index is 6.18. The average Bonchev–Trinajstić information content (AvgIpc) is 2.85. The first kappa shape index (κ1) is 12.4. The number of benzene rings is 3. The standard InChI is InChI=1S/C18H13ClN2/c1-11-14(19)8-4-9-15(11)20-18-13-7-2-5-12-6-3-10-16(21-18)17(12)13/h2-10H,1H3,(H,20,21). The van der Waals surface area contributed by atoms with Crippen LogP contribution >= 0.6 is 11.6 Å². The molecule has 2 nitrogen and oxygen atoms in total. The molecule has 1 aliphatic rings. The Bertz CT molecular complexity index is 892. The molecule has 1 N–H and O–H groups in total. The summed E-state index contributed by atoms with van der Waals surface area (Å²) in [6, 6.07) is 18.4. The lowest BCUT2D eigenvalue weighted by atomic mass is 10.1. The molecule has 21 heavy (non-hydrogen) atoms. The van der Waals surface area contributed by atoms with Crippen molar-refractivity contribution in [2.24, 2.45) is 4.99 Å². The molecule has 0 aliphatic carbocycles. The minimum atomic E-state index is 0.741. The second kappa shape index (κ2) is 4.61. The van der Waals surface area contributed by atoms with E-state index in [0.29, 0.717) is 0 Å². The number of nitrogens with one attached hydrogen (secondary N) is 1. The van der Waals surface area contributed by atoms with E-state index < -0.39 is 0 Å². The fourth-order valence-electron chi connectivity index (χ4n) is 2.76. The highest BCUT2D eigenvalue weighted by Gasteiger charge is 2.19.